The molecule has 9 heteroatoms. The fourth-order valence-electron chi connectivity index (χ4n) is 8.67. The number of nitrogens with zero attached hydrogens (tertiary/aromatic N) is 2. The molecule has 2 saturated heterocycles. The molecule has 9 nitrogen and oxygen atoms in total. The number of methoxy groups -OCH3 is 2. The molecule has 172 valence electrons. The highest BCUT2D eigenvalue weighted by Gasteiger charge is 2.90. The molecule has 7 rings (SSSR count). The number of carbonyl (C=O) groups is 2. The standard InChI is InChI=1S/C23H28N2O7/c1-31-18(28)23(30)17(27)20-8-9-22(23)21(10-12-24(16(20)21)11-7-15(20)26)13-5-3-4-6-14(13)25(22)19(29)32-2/h3-6,15-17,26-27,30H,7-12H2,1-2H3/t15-,16-,17-,20-,21+,22+,23+/m0/s1. The molecule has 3 spiro atoms. The highest BCUT2D eigenvalue weighted by molar-refractivity contribution is 5.99. The number of benzene rings is 1. The summed E-state index contributed by atoms with van der Waals surface area (Å²) < 4.78 is 10.2. The molecule has 3 aliphatic heterocycles. The summed E-state index contributed by atoms with van der Waals surface area (Å²) >= 11 is 0. The van der Waals surface area contributed by atoms with E-state index in [9.17, 15) is 24.9 Å². The molecule has 0 unspecified atom stereocenters. The Balaban J connectivity index is 1.77. The number of esters is 1. The van der Waals surface area contributed by atoms with Crippen LogP contribution in [0.15, 0.2) is 24.3 Å². The lowest BCUT2D eigenvalue weighted by Crippen LogP contribution is -2.92. The summed E-state index contributed by atoms with van der Waals surface area (Å²) in [6.45, 7) is 1.32. The third-order valence-electron chi connectivity index (χ3n) is 9.50. The topological polar surface area (TPSA) is 120 Å². The number of rotatable bonds is 1. The predicted molar refractivity (Wildman–Crippen MR) is 111 cm³/mol. The van der Waals surface area contributed by atoms with Crippen LogP contribution in [0.25, 0.3) is 0 Å². The second-order valence-corrected chi connectivity index (χ2v) is 9.92. The van der Waals surface area contributed by atoms with E-state index in [-0.39, 0.29) is 12.5 Å². The van der Waals surface area contributed by atoms with E-state index in [1.165, 1.54) is 12.0 Å². The number of hydrogen-bond donors (Lipinski definition) is 3. The van der Waals surface area contributed by atoms with E-state index < -0.39 is 46.2 Å². The highest BCUT2D eigenvalue weighted by Crippen LogP contribution is 2.76. The van der Waals surface area contributed by atoms with E-state index in [0.717, 1.165) is 12.7 Å². The highest BCUT2D eigenvalue weighted by atomic mass is 16.6. The van der Waals surface area contributed by atoms with E-state index in [1.807, 2.05) is 12.1 Å². The first-order valence-electron chi connectivity index (χ1n) is 11.2. The van der Waals surface area contributed by atoms with Crippen molar-refractivity contribution in [2.75, 3.05) is 32.2 Å². The average molecular weight is 444 g/mol. The number of carbonyl (C=O) groups excluding carboxylic acids is 2. The molecule has 3 saturated carbocycles. The Bertz CT molecular complexity index is 1030. The largest absolute Gasteiger partial charge is 0.467 e. The molecule has 1 aromatic carbocycles. The van der Waals surface area contributed by atoms with Gasteiger partial charge in [0.25, 0.3) is 0 Å². The predicted octanol–water partition coefficient (Wildman–Crippen LogP) is 0.147. The molecule has 7 atom stereocenters. The minimum absolute atomic E-state index is 0.223. The van der Waals surface area contributed by atoms with Crippen LogP contribution in [0, 0.1) is 5.41 Å². The Morgan fingerprint density at radius 3 is 2.53 bits per heavy atom. The molecule has 3 heterocycles. The number of aliphatic hydroxyl groups excluding tert-OH is 2. The molecule has 0 aromatic heterocycles. The molecule has 3 aliphatic carbocycles. The Hall–Kier alpha value is -2.20. The van der Waals surface area contributed by atoms with Crippen LogP contribution >= 0.6 is 0 Å². The van der Waals surface area contributed by atoms with Crippen LogP contribution in [-0.4, -0.2) is 89.0 Å². The van der Waals surface area contributed by atoms with Gasteiger partial charge in [0.2, 0.25) is 5.60 Å². The molecule has 2 bridgehead atoms. The van der Waals surface area contributed by atoms with E-state index in [0.29, 0.717) is 38.0 Å². The number of amides is 1. The van der Waals surface area contributed by atoms with Gasteiger partial charge in [-0.05, 0) is 43.9 Å². The van der Waals surface area contributed by atoms with Gasteiger partial charge in [-0.3, -0.25) is 9.80 Å². The number of ether oxygens (including phenoxy) is 2. The van der Waals surface area contributed by atoms with Gasteiger partial charge in [0.1, 0.15) is 11.6 Å². The SMILES string of the molecule is COC(=O)N1c2ccccc2[C@@]23CCN4CC[C@H](O)[C@@]5(CC[C@@]12[C@](O)(C(=O)OC)[C@H]5O)[C@H]43. The first kappa shape index (κ1) is 20.4. The molecule has 1 aromatic rings. The first-order valence-corrected chi connectivity index (χ1v) is 11.2. The Kier molecular flexibility index (Phi) is 3.84. The zero-order valence-corrected chi connectivity index (χ0v) is 18.2. The van der Waals surface area contributed by atoms with Gasteiger partial charge in [0.05, 0.1) is 26.0 Å². The van der Waals surface area contributed by atoms with Crippen molar-refractivity contribution in [3.8, 4) is 0 Å². The molecule has 5 fully saturated rings. The van der Waals surface area contributed by atoms with Gasteiger partial charge < -0.3 is 24.8 Å². The molecular formula is C23H28N2O7. The lowest BCUT2D eigenvalue weighted by molar-refractivity contribution is -0.301. The number of aliphatic hydroxyl groups is 3. The van der Waals surface area contributed by atoms with E-state index >= 15 is 0 Å². The minimum atomic E-state index is -2.45. The quantitative estimate of drug-likeness (QED) is 0.524. The molecule has 32 heavy (non-hydrogen) atoms. The second kappa shape index (κ2) is 6.02. The number of anilines is 1. The van der Waals surface area contributed by atoms with Crippen LogP contribution in [0.4, 0.5) is 10.5 Å². The van der Waals surface area contributed by atoms with Crippen molar-refractivity contribution in [2.24, 2.45) is 5.41 Å². The maximum Gasteiger partial charge on any atom is 0.414 e. The smallest absolute Gasteiger partial charge is 0.414 e. The third-order valence-corrected chi connectivity index (χ3v) is 9.50. The second-order valence-electron chi connectivity index (χ2n) is 9.92. The van der Waals surface area contributed by atoms with Crippen LogP contribution in [0.5, 0.6) is 0 Å². The third kappa shape index (κ3) is 1.69. The molecule has 0 radical (unpaired) electrons. The summed E-state index contributed by atoms with van der Waals surface area (Å²) in [6.07, 6.45) is -1.62. The van der Waals surface area contributed by atoms with E-state index in [1.54, 1.807) is 12.1 Å². The van der Waals surface area contributed by atoms with Gasteiger partial charge in [0.15, 0.2) is 0 Å². The van der Waals surface area contributed by atoms with E-state index in [2.05, 4.69) is 4.90 Å². The van der Waals surface area contributed by atoms with E-state index in [4.69, 9.17) is 9.47 Å². The van der Waals surface area contributed by atoms with Gasteiger partial charge in [-0.1, -0.05) is 18.2 Å². The molecule has 6 aliphatic rings. The summed E-state index contributed by atoms with van der Waals surface area (Å²) in [6, 6.07) is 7.07. The Morgan fingerprint density at radius 1 is 1.06 bits per heavy atom. The number of para-hydroxylation sites is 1. The van der Waals surface area contributed by atoms with Gasteiger partial charge >= 0.3 is 12.1 Å². The minimum Gasteiger partial charge on any atom is -0.467 e. The molecular weight excluding hydrogens is 416 g/mol. The van der Waals surface area contributed by atoms with Crippen LogP contribution < -0.4 is 4.90 Å². The Labute approximate surface area is 185 Å². The fraction of sp³-hybridized carbons (Fsp3) is 0.652. The first-order chi connectivity index (χ1) is 15.3. The Morgan fingerprint density at radius 2 is 1.81 bits per heavy atom. The summed E-state index contributed by atoms with van der Waals surface area (Å²) in [5.74, 6) is -1.00. The van der Waals surface area contributed by atoms with Gasteiger partial charge in [-0.2, -0.15) is 0 Å². The summed E-state index contributed by atoms with van der Waals surface area (Å²) in [5.41, 5.74) is -4.56. The maximum atomic E-state index is 13.4. The number of piperidine rings is 1. The van der Waals surface area contributed by atoms with Gasteiger partial charge in [0, 0.05) is 23.4 Å². The van der Waals surface area contributed by atoms with Crippen molar-refractivity contribution in [1.29, 1.82) is 0 Å². The zero-order chi connectivity index (χ0) is 22.7. The van der Waals surface area contributed by atoms with Crippen molar-refractivity contribution in [3.05, 3.63) is 29.8 Å². The number of fused-ring (bicyclic) bond motifs is 3. The van der Waals surface area contributed by atoms with Crippen LogP contribution in [0.2, 0.25) is 0 Å². The lowest BCUT2D eigenvalue weighted by atomic mass is 9.35. The van der Waals surface area contributed by atoms with Crippen LogP contribution in [0.3, 0.4) is 0 Å². The average Bonchev–Trinajstić information content (AvgIpc) is 3.34. The van der Waals surface area contributed by atoms with Gasteiger partial charge in [-0.25, -0.2) is 9.59 Å². The van der Waals surface area contributed by atoms with Crippen molar-refractivity contribution in [2.45, 2.75) is 60.5 Å². The fourth-order valence-corrected chi connectivity index (χ4v) is 8.67. The molecule has 3 N–H and O–H groups in total. The van der Waals surface area contributed by atoms with Crippen molar-refractivity contribution in [3.63, 3.8) is 0 Å². The van der Waals surface area contributed by atoms with Crippen molar-refractivity contribution >= 4 is 17.7 Å². The maximum absolute atomic E-state index is 13.4. The lowest BCUT2D eigenvalue weighted by Gasteiger charge is -2.74. The monoisotopic (exact) mass is 444 g/mol. The van der Waals surface area contributed by atoms with Crippen LogP contribution in [-0.2, 0) is 19.7 Å². The number of hydrogen-bond acceptors (Lipinski definition) is 8. The molecule has 1 amide bonds. The zero-order valence-electron chi connectivity index (χ0n) is 18.2. The van der Waals surface area contributed by atoms with Crippen molar-refractivity contribution < 1.29 is 34.4 Å². The van der Waals surface area contributed by atoms with Gasteiger partial charge in [-0.15, -0.1) is 0 Å². The summed E-state index contributed by atoms with van der Waals surface area (Å²) in [5, 5.41) is 35.5. The van der Waals surface area contributed by atoms with Crippen molar-refractivity contribution in [1.82, 2.24) is 4.90 Å². The normalized spacial score (nSPS) is 45.8. The summed E-state index contributed by atoms with van der Waals surface area (Å²) in [7, 11) is 2.43. The van der Waals surface area contributed by atoms with Crippen LogP contribution in [0.1, 0.15) is 31.2 Å². The summed E-state index contributed by atoms with van der Waals surface area (Å²) in [4.78, 5) is 30.3.